The van der Waals surface area contributed by atoms with Gasteiger partial charge in [-0.15, -0.1) is 0 Å². The van der Waals surface area contributed by atoms with Gasteiger partial charge in [0, 0.05) is 5.90 Å². The number of amides is 1. The van der Waals surface area contributed by atoms with E-state index in [1.54, 1.807) is 31.4 Å². The fourth-order valence-corrected chi connectivity index (χ4v) is 3.27. The number of hydrogen-bond acceptors (Lipinski definition) is 10. The molecular weight excluding hydrogens is 431 g/mol. The monoisotopic (exact) mass is 450 g/mol. The van der Waals surface area contributed by atoms with Gasteiger partial charge in [0.15, 0.2) is 12.6 Å². The molecule has 0 spiro atoms. The molecule has 1 aliphatic heterocycles. The Morgan fingerprint density at radius 2 is 1.93 bits per heavy atom. The van der Waals surface area contributed by atoms with Crippen molar-refractivity contribution in [1.29, 1.82) is 0 Å². The van der Waals surface area contributed by atoms with E-state index >= 15 is 0 Å². The van der Waals surface area contributed by atoms with Gasteiger partial charge in [0.1, 0.15) is 18.6 Å². The minimum Gasteiger partial charge on any atom is -0.857 e. The first kappa shape index (κ1) is 25.8. The van der Waals surface area contributed by atoms with E-state index in [0.29, 0.717) is 11.3 Å². The zero-order chi connectivity index (χ0) is 21.6. The van der Waals surface area contributed by atoms with E-state index in [1.807, 2.05) is 0 Å². The molecule has 12 nitrogen and oxygen atoms in total. The van der Waals surface area contributed by atoms with Crippen molar-refractivity contribution in [2.75, 3.05) is 20.8 Å². The number of rotatable bonds is 9. The van der Waals surface area contributed by atoms with Crippen LogP contribution in [0.1, 0.15) is 12.5 Å². The Balaban J connectivity index is 0.00000450. The van der Waals surface area contributed by atoms with Gasteiger partial charge < -0.3 is 19.5 Å². The van der Waals surface area contributed by atoms with Crippen LogP contribution >= 0.6 is 0 Å². The number of oxime groups is 2. The molecule has 1 fully saturated rings. The number of carbonyl (C=O) groups is 1. The number of ether oxygens (including phenoxy) is 1. The molecule has 14 heteroatoms. The molecule has 0 unspecified atom stereocenters. The second-order valence-electron chi connectivity index (χ2n) is 5.73. The van der Waals surface area contributed by atoms with Crippen LogP contribution in [0.15, 0.2) is 39.6 Å². The van der Waals surface area contributed by atoms with E-state index in [9.17, 15) is 18.3 Å². The minimum absolute atomic E-state index is 0. The van der Waals surface area contributed by atoms with E-state index in [4.69, 9.17) is 14.1 Å². The Morgan fingerprint density at radius 1 is 1.30 bits per heavy atom. The molecule has 0 aliphatic carbocycles. The van der Waals surface area contributed by atoms with Crippen LogP contribution in [0, 0.1) is 0 Å². The first-order valence-corrected chi connectivity index (χ1v) is 9.54. The van der Waals surface area contributed by atoms with Crippen molar-refractivity contribution in [3.63, 3.8) is 0 Å². The average molecular weight is 450 g/mol. The Hall–Kier alpha value is -2.19. The number of carbonyl (C=O) groups excluding carboxylic acids is 1. The van der Waals surface area contributed by atoms with Gasteiger partial charge in [-0.2, -0.15) is 8.42 Å². The summed E-state index contributed by atoms with van der Waals surface area (Å²) >= 11 is 0. The van der Waals surface area contributed by atoms with Crippen LogP contribution in [0.3, 0.4) is 0 Å². The molecule has 0 bridgehead atoms. The van der Waals surface area contributed by atoms with Gasteiger partial charge in [-0.3, -0.25) is 14.3 Å². The van der Waals surface area contributed by atoms with Crippen molar-refractivity contribution < 1.29 is 66.8 Å². The van der Waals surface area contributed by atoms with E-state index in [2.05, 4.69) is 20.1 Å². The van der Waals surface area contributed by atoms with Crippen molar-refractivity contribution >= 4 is 34.0 Å². The van der Waals surface area contributed by atoms with E-state index in [0.717, 1.165) is 0 Å². The predicted molar refractivity (Wildman–Crippen MR) is 100 cm³/mol. The molecule has 1 N–H and O–H groups in total. The maximum atomic E-state index is 12.2. The van der Waals surface area contributed by atoms with Gasteiger partial charge in [-0.25, -0.2) is 4.31 Å². The summed E-state index contributed by atoms with van der Waals surface area (Å²) in [6.07, 6.45) is 1.40. The fourth-order valence-electron chi connectivity index (χ4n) is 2.40. The first-order chi connectivity index (χ1) is 13.7. The fraction of sp³-hybridized carbons (Fsp3) is 0.375. The number of nitrogens with zero attached hydrogens (tertiary/aromatic N) is 4. The first-order valence-electron chi connectivity index (χ1n) is 8.14. The van der Waals surface area contributed by atoms with Gasteiger partial charge in [-0.05, 0) is 36.8 Å². The van der Waals surface area contributed by atoms with Gasteiger partial charge in [0.05, 0.1) is 19.4 Å². The normalized spacial score (nSPS) is 19.9. The Morgan fingerprint density at radius 3 is 2.43 bits per heavy atom. The number of aliphatic imine (C=N–C) groups is 1. The van der Waals surface area contributed by atoms with Crippen LogP contribution in [0.4, 0.5) is 0 Å². The third-order valence-electron chi connectivity index (χ3n) is 3.84. The SMILES string of the molecule is CO/N=C(/CO/N=C\c1ccc(OC)cc1)C([O-])=N[C@@H]1C(=O)N(S(=O)(=O)O)[C@H]1C.[Na+]. The molecule has 0 aromatic heterocycles. The van der Waals surface area contributed by atoms with Gasteiger partial charge in [-0.1, -0.05) is 10.3 Å². The summed E-state index contributed by atoms with van der Waals surface area (Å²) in [4.78, 5) is 25.0. The summed E-state index contributed by atoms with van der Waals surface area (Å²) in [5.41, 5.74) is 0.427. The summed E-state index contributed by atoms with van der Waals surface area (Å²) in [5.74, 6) is -1.28. The smallest absolute Gasteiger partial charge is 0.857 e. The Bertz CT molecular complexity index is 933. The van der Waals surface area contributed by atoms with Crippen LogP contribution in [-0.4, -0.2) is 73.9 Å². The molecule has 2 atom stereocenters. The van der Waals surface area contributed by atoms with Crippen LogP contribution in [0.5, 0.6) is 5.75 Å². The molecule has 30 heavy (non-hydrogen) atoms. The summed E-state index contributed by atoms with van der Waals surface area (Å²) in [6.45, 7) is 0.916. The van der Waals surface area contributed by atoms with Crippen molar-refractivity contribution in [3.05, 3.63) is 29.8 Å². The number of benzene rings is 1. The summed E-state index contributed by atoms with van der Waals surface area (Å²) < 4.78 is 36.4. The van der Waals surface area contributed by atoms with Crippen LogP contribution < -0.4 is 39.4 Å². The maximum absolute atomic E-state index is 12.2. The number of β-lactam (4-membered cyclic amide) rings is 1. The van der Waals surface area contributed by atoms with E-state index in [-0.39, 0.29) is 39.6 Å². The minimum atomic E-state index is -4.71. The largest absolute Gasteiger partial charge is 1.00 e. The van der Waals surface area contributed by atoms with E-state index < -0.39 is 40.8 Å². The summed E-state index contributed by atoms with van der Waals surface area (Å²) in [6, 6.07) is 4.65. The van der Waals surface area contributed by atoms with Gasteiger partial charge >= 0.3 is 39.9 Å². The zero-order valence-electron chi connectivity index (χ0n) is 16.8. The zero-order valence-corrected chi connectivity index (χ0v) is 19.6. The number of methoxy groups -OCH3 is 1. The van der Waals surface area contributed by atoms with Gasteiger partial charge in [0.2, 0.25) is 0 Å². The molecule has 2 rings (SSSR count). The molecule has 0 radical (unpaired) electrons. The summed E-state index contributed by atoms with van der Waals surface area (Å²) in [5, 5.41) is 19.4. The molecular formula is C16H19N4NaO8S. The molecule has 1 saturated heterocycles. The quantitative estimate of drug-likeness (QED) is 0.100. The molecule has 0 saturated carbocycles. The predicted octanol–water partition coefficient (Wildman–Crippen LogP) is -3.79. The molecule has 1 aromatic carbocycles. The van der Waals surface area contributed by atoms with Crippen molar-refractivity contribution in [1.82, 2.24) is 4.31 Å². The van der Waals surface area contributed by atoms with Gasteiger partial charge in [0.25, 0.3) is 5.91 Å². The second-order valence-corrected chi connectivity index (χ2v) is 7.02. The standard InChI is InChI=1S/C16H20N4O8S.Na/c1-10-14(16(22)20(10)29(23,24)25)18-15(21)13(19-27-3)9-28-17-8-11-4-6-12(26-2)7-5-11;/h4-8,10,14H,9H2,1-3H3,(H,18,21)(H,23,24,25);/q;+1/p-1/b17-8-,19-13-;/t10-,14-;/m0./s1. The summed E-state index contributed by atoms with van der Waals surface area (Å²) in [7, 11) is -1.96. The maximum Gasteiger partial charge on any atom is 1.00 e. The average Bonchev–Trinajstić information content (AvgIpc) is 2.67. The van der Waals surface area contributed by atoms with Crippen molar-refractivity contribution in [2.24, 2.45) is 15.3 Å². The van der Waals surface area contributed by atoms with Crippen molar-refractivity contribution in [3.8, 4) is 5.75 Å². The third kappa shape index (κ3) is 6.40. The Labute approximate surface area is 195 Å². The second kappa shape index (κ2) is 11.3. The van der Waals surface area contributed by atoms with E-state index in [1.165, 1.54) is 20.2 Å². The molecule has 1 heterocycles. The Kier molecular flexibility index (Phi) is 9.71. The van der Waals surface area contributed by atoms with Crippen LogP contribution in [-0.2, 0) is 24.8 Å². The topological polar surface area (TPSA) is 163 Å². The molecule has 1 amide bonds. The molecule has 158 valence electrons. The molecule has 1 aromatic rings. The number of hydrogen-bond donors (Lipinski definition) is 1. The van der Waals surface area contributed by atoms with Crippen LogP contribution in [0.25, 0.3) is 0 Å². The van der Waals surface area contributed by atoms with Crippen molar-refractivity contribution in [2.45, 2.75) is 19.0 Å². The van der Waals surface area contributed by atoms with Crippen LogP contribution in [0.2, 0.25) is 0 Å². The third-order valence-corrected chi connectivity index (χ3v) is 4.85. The molecule has 1 aliphatic rings.